The quantitative estimate of drug-likeness (QED) is 0.162. The number of rotatable bonds is 8. The lowest BCUT2D eigenvalue weighted by Crippen LogP contribution is -2.36. The molecule has 1 heterocycles. The predicted octanol–water partition coefficient (Wildman–Crippen LogP) is 11.7. The Morgan fingerprint density at radius 1 is 0.547 bits per heavy atom. The Labute approximate surface area is 311 Å². The van der Waals surface area contributed by atoms with Crippen molar-refractivity contribution in [2.75, 3.05) is 11.4 Å². The van der Waals surface area contributed by atoms with E-state index in [1.807, 2.05) is 12.3 Å². The molecule has 0 fully saturated rings. The molecule has 9 rings (SSSR count). The average Bonchev–Trinajstić information content (AvgIpc) is 3.54. The lowest BCUT2D eigenvalue weighted by atomic mass is 9.63. The summed E-state index contributed by atoms with van der Waals surface area (Å²) in [6.45, 7) is 1.14. The highest BCUT2D eigenvalue weighted by Crippen LogP contribution is 2.61. The van der Waals surface area contributed by atoms with E-state index in [9.17, 15) is 0 Å². The fourth-order valence-corrected chi connectivity index (χ4v) is 8.21. The Bertz CT molecular complexity index is 2480. The number of fused-ring (bicyclic) bond motifs is 6. The minimum atomic E-state index is -0.527. The summed E-state index contributed by atoms with van der Waals surface area (Å²) in [7, 11) is 0. The van der Waals surface area contributed by atoms with Crippen molar-refractivity contribution in [3.05, 3.63) is 227 Å². The second-order valence-corrected chi connectivity index (χ2v) is 13.7. The minimum Gasteiger partial charge on any atom is -0.327 e. The zero-order chi connectivity index (χ0) is 35.6. The number of anilines is 3. The molecule has 0 saturated carbocycles. The minimum absolute atomic E-state index is 0.474. The summed E-state index contributed by atoms with van der Waals surface area (Å²) in [6, 6.07) is 63.4. The number of nitrogens with zero attached hydrogens (tertiary/aromatic N) is 2. The van der Waals surface area contributed by atoms with Gasteiger partial charge in [0.05, 0.1) is 23.3 Å². The van der Waals surface area contributed by atoms with E-state index >= 15 is 0 Å². The van der Waals surface area contributed by atoms with Gasteiger partial charge in [0.15, 0.2) is 0 Å². The first kappa shape index (κ1) is 32.4. The molecule has 0 radical (unpaired) electrons. The van der Waals surface area contributed by atoms with Crippen molar-refractivity contribution in [2.24, 2.45) is 10.7 Å². The normalized spacial score (nSPS) is 14.0. The molecule has 0 bridgehead atoms. The van der Waals surface area contributed by atoms with E-state index < -0.39 is 5.41 Å². The van der Waals surface area contributed by atoms with Gasteiger partial charge >= 0.3 is 0 Å². The molecule has 2 aliphatic rings. The number of hydrogen-bond donors (Lipinski definition) is 1. The summed E-state index contributed by atoms with van der Waals surface area (Å²) in [4.78, 5) is 7.13. The molecule has 7 aromatic carbocycles. The first-order valence-corrected chi connectivity index (χ1v) is 18.3. The summed E-state index contributed by atoms with van der Waals surface area (Å²) in [6.07, 6.45) is 8.66. The highest BCUT2D eigenvalue weighted by atomic mass is 15.2. The summed E-state index contributed by atoms with van der Waals surface area (Å²) in [5.41, 5.74) is 22.3. The molecule has 1 aliphatic carbocycles. The van der Waals surface area contributed by atoms with Crippen LogP contribution >= 0.6 is 0 Å². The second kappa shape index (κ2) is 13.9. The fraction of sp³-hybridized carbons (Fsp3) is 0.0600. The van der Waals surface area contributed by atoms with Gasteiger partial charge < -0.3 is 10.6 Å². The summed E-state index contributed by atoms with van der Waals surface area (Å²) in [5, 5.41) is 0. The molecule has 0 amide bonds. The maximum atomic E-state index is 6.11. The Hall–Kier alpha value is -6.55. The van der Waals surface area contributed by atoms with Crippen molar-refractivity contribution in [2.45, 2.75) is 12.0 Å². The maximum Gasteiger partial charge on any atom is 0.0748 e. The second-order valence-electron chi connectivity index (χ2n) is 13.7. The molecule has 0 saturated heterocycles. The smallest absolute Gasteiger partial charge is 0.0748 e. The van der Waals surface area contributed by atoms with Crippen LogP contribution in [-0.2, 0) is 12.0 Å². The zero-order valence-electron chi connectivity index (χ0n) is 29.4. The molecular weight excluding hydrogens is 643 g/mol. The lowest BCUT2D eigenvalue weighted by molar-refractivity contribution is 0.746. The van der Waals surface area contributed by atoms with E-state index in [1.165, 1.54) is 67.0 Å². The van der Waals surface area contributed by atoms with Gasteiger partial charge in [-0.15, -0.1) is 0 Å². The number of aliphatic imine (C=N–C) groups is 1. The zero-order valence-corrected chi connectivity index (χ0v) is 29.4. The Morgan fingerprint density at radius 2 is 1.15 bits per heavy atom. The van der Waals surface area contributed by atoms with Gasteiger partial charge in [-0.1, -0.05) is 146 Å². The Kier molecular flexibility index (Phi) is 8.47. The molecule has 1 aliphatic heterocycles. The van der Waals surface area contributed by atoms with Crippen molar-refractivity contribution in [3.8, 4) is 22.3 Å². The van der Waals surface area contributed by atoms with Crippen LogP contribution in [0.4, 0.5) is 17.1 Å². The van der Waals surface area contributed by atoms with E-state index in [0.29, 0.717) is 13.1 Å². The van der Waals surface area contributed by atoms with Gasteiger partial charge in [0.1, 0.15) is 0 Å². The lowest BCUT2D eigenvalue weighted by Gasteiger charge is -2.45. The molecule has 3 heteroatoms. The van der Waals surface area contributed by atoms with Crippen LogP contribution in [0.5, 0.6) is 0 Å². The molecule has 254 valence electrons. The standard InChI is InChI=1S/C50H39N3/c51-29-13-20-43-32-42-28-27-41(40-19-12-18-39(31-40)38-17-11-16-37(30-38)35-52-34-36-14-3-1-4-15-36)33-47(42)50(43)45-23-7-9-25-48(45)53(44-21-5-2-6-22-44)49-26-10-8-24-46(49)50/h1-28,30-33,35H,29,34,51H2/b20-13-,52-35?. The third-order valence-electron chi connectivity index (χ3n) is 10.5. The third-order valence-corrected chi connectivity index (χ3v) is 10.5. The van der Waals surface area contributed by atoms with Crippen LogP contribution in [0.1, 0.15) is 33.4 Å². The molecule has 0 atom stereocenters. The third kappa shape index (κ3) is 5.72. The van der Waals surface area contributed by atoms with Crippen LogP contribution in [0.2, 0.25) is 0 Å². The van der Waals surface area contributed by atoms with Gasteiger partial charge in [-0.3, -0.25) is 4.99 Å². The number of hydrogen-bond acceptors (Lipinski definition) is 3. The van der Waals surface area contributed by atoms with Crippen molar-refractivity contribution in [1.82, 2.24) is 0 Å². The maximum absolute atomic E-state index is 6.11. The van der Waals surface area contributed by atoms with Crippen LogP contribution in [0.25, 0.3) is 28.3 Å². The van der Waals surface area contributed by atoms with Crippen LogP contribution in [-0.4, -0.2) is 12.8 Å². The van der Waals surface area contributed by atoms with E-state index in [-0.39, 0.29) is 0 Å². The molecular formula is C50H39N3. The molecule has 7 aromatic rings. The van der Waals surface area contributed by atoms with Crippen molar-refractivity contribution < 1.29 is 0 Å². The van der Waals surface area contributed by atoms with Crippen LogP contribution in [0.15, 0.2) is 199 Å². The molecule has 2 N–H and O–H groups in total. The molecule has 1 spiro atoms. The fourth-order valence-electron chi connectivity index (χ4n) is 8.21. The highest BCUT2D eigenvalue weighted by Gasteiger charge is 2.50. The summed E-state index contributed by atoms with van der Waals surface area (Å²) < 4.78 is 0. The van der Waals surface area contributed by atoms with Gasteiger partial charge in [0.25, 0.3) is 0 Å². The first-order chi connectivity index (χ1) is 26.2. The molecule has 0 unspecified atom stereocenters. The first-order valence-electron chi connectivity index (χ1n) is 18.3. The Morgan fingerprint density at radius 3 is 1.85 bits per heavy atom. The van der Waals surface area contributed by atoms with Crippen molar-refractivity contribution in [1.29, 1.82) is 0 Å². The summed E-state index contributed by atoms with van der Waals surface area (Å²) >= 11 is 0. The summed E-state index contributed by atoms with van der Waals surface area (Å²) in [5.74, 6) is 0. The Balaban J connectivity index is 1.15. The topological polar surface area (TPSA) is 41.6 Å². The van der Waals surface area contributed by atoms with E-state index in [0.717, 1.165) is 11.3 Å². The molecule has 3 nitrogen and oxygen atoms in total. The van der Waals surface area contributed by atoms with Crippen LogP contribution in [0.3, 0.4) is 0 Å². The van der Waals surface area contributed by atoms with Gasteiger partial charge in [0.2, 0.25) is 0 Å². The monoisotopic (exact) mass is 681 g/mol. The molecule has 0 aromatic heterocycles. The van der Waals surface area contributed by atoms with Gasteiger partial charge in [-0.05, 0) is 110 Å². The largest absolute Gasteiger partial charge is 0.327 e. The number of allylic oxidation sites excluding steroid dienone is 2. The highest BCUT2D eigenvalue weighted by molar-refractivity contribution is 5.94. The van der Waals surface area contributed by atoms with Gasteiger partial charge in [-0.25, -0.2) is 0 Å². The van der Waals surface area contributed by atoms with E-state index in [1.54, 1.807) is 0 Å². The van der Waals surface area contributed by atoms with Gasteiger partial charge in [0, 0.05) is 18.4 Å². The number of benzene rings is 7. The predicted molar refractivity (Wildman–Crippen MR) is 222 cm³/mol. The van der Waals surface area contributed by atoms with E-state index in [4.69, 9.17) is 10.7 Å². The number of para-hydroxylation sites is 3. The average molecular weight is 682 g/mol. The van der Waals surface area contributed by atoms with Crippen molar-refractivity contribution >= 4 is 29.4 Å². The van der Waals surface area contributed by atoms with Crippen LogP contribution in [0, 0.1) is 0 Å². The van der Waals surface area contributed by atoms with Gasteiger partial charge in [-0.2, -0.15) is 0 Å². The van der Waals surface area contributed by atoms with Crippen molar-refractivity contribution in [3.63, 3.8) is 0 Å². The molecule has 53 heavy (non-hydrogen) atoms. The van der Waals surface area contributed by atoms with Crippen LogP contribution < -0.4 is 10.6 Å². The SMILES string of the molecule is NC/C=C\C1=Cc2ccc(-c3cccc(-c4cccc(C=NCc5ccccc5)c4)c3)cc2C12c1ccccc1N(c1ccccc1)c1ccccc12. The van der Waals surface area contributed by atoms with E-state index in [2.05, 4.69) is 193 Å². The number of nitrogens with two attached hydrogens (primary N) is 1.